The van der Waals surface area contributed by atoms with Crippen LogP contribution in [0.25, 0.3) is 0 Å². The maximum atomic E-state index is 13.2. The maximum Gasteiger partial charge on any atom is 0.243 e. The van der Waals surface area contributed by atoms with E-state index in [1.165, 1.54) is 12.1 Å². The van der Waals surface area contributed by atoms with Crippen LogP contribution >= 0.6 is 0 Å². The third kappa shape index (κ3) is 6.96. The molecule has 0 unspecified atom stereocenters. The predicted octanol–water partition coefficient (Wildman–Crippen LogP) is 3.42. The molecule has 6 heteroatoms. The molecular formula is C25H25FN2O3. The van der Waals surface area contributed by atoms with Gasteiger partial charge in [-0.1, -0.05) is 54.6 Å². The number of hydrogen-bond donors (Lipinski definition) is 2. The zero-order chi connectivity index (χ0) is 22.1. The van der Waals surface area contributed by atoms with Crippen LogP contribution in [0, 0.1) is 5.82 Å². The molecule has 0 aliphatic rings. The Kier molecular flexibility index (Phi) is 7.76. The summed E-state index contributed by atoms with van der Waals surface area (Å²) in [7, 11) is 1.58. The molecule has 0 bridgehead atoms. The zero-order valence-electron chi connectivity index (χ0n) is 17.3. The molecule has 0 saturated heterocycles. The van der Waals surface area contributed by atoms with Crippen molar-refractivity contribution in [1.82, 2.24) is 10.6 Å². The molecule has 0 aliphatic carbocycles. The van der Waals surface area contributed by atoms with Gasteiger partial charge in [0, 0.05) is 13.0 Å². The van der Waals surface area contributed by atoms with Crippen molar-refractivity contribution >= 4 is 11.8 Å². The van der Waals surface area contributed by atoms with Crippen LogP contribution in [0.4, 0.5) is 4.39 Å². The summed E-state index contributed by atoms with van der Waals surface area (Å²) >= 11 is 0. The normalized spacial score (nSPS) is 11.4. The van der Waals surface area contributed by atoms with Crippen molar-refractivity contribution < 1.29 is 18.7 Å². The fraction of sp³-hybridized carbons (Fsp3) is 0.200. The number of nitrogens with one attached hydrogen (secondary N) is 2. The van der Waals surface area contributed by atoms with E-state index < -0.39 is 6.04 Å². The molecule has 160 valence electrons. The Morgan fingerprint density at radius 3 is 2.16 bits per heavy atom. The van der Waals surface area contributed by atoms with Crippen LogP contribution in [0.3, 0.4) is 0 Å². The van der Waals surface area contributed by atoms with Crippen molar-refractivity contribution in [3.05, 3.63) is 101 Å². The van der Waals surface area contributed by atoms with Gasteiger partial charge >= 0.3 is 0 Å². The molecule has 0 heterocycles. The van der Waals surface area contributed by atoms with E-state index in [-0.39, 0.29) is 30.5 Å². The number of carbonyl (C=O) groups excluding carboxylic acids is 2. The van der Waals surface area contributed by atoms with E-state index in [0.29, 0.717) is 12.3 Å². The van der Waals surface area contributed by atoms with Gasteiger partial charge in [-0.25, -0.2) is 4.39 Å². The molecule has 31 heavy (non-hydrogen) atoms. The van der Waals surface area contributed by atoms with Gasteiger partial charge in [0.15, 0.2) is 0 Å². The highest BCUT2D eigenvalue weighted by atomic mass is 19.1. The smallest absolute Gasteiger partial charge is 0.243 e. The van der Waals surface area contributed by atoms with Crippen LogP contribution in [0.5, 0.6) is 5.75 Å². The Bertz CT molecular complexity index is 990. The highest BCUT2D eigenvalue weighted by Gasteiger charge is 2.21. The maximum absolute atomic E-state index is 13.2. The minimum atomic E-state index is -0.778. The molecule has 0 saturated carbocycles. The van der Waals surface area contributed by atoms with Crippen molar-refractivity contribution in [3.8, 4) is 5.75 Å². The van der Waals surface area contributed by atoms with Gasteiger partial charge in [0.2, 0.25) is 11.8 Å². The molecule has 2 amide bonds. The Labute approximate surface area is 181 Å². The zero-order valence-corrected chi connectivity index (χ0v) is 17.3. The first-order chi connectivity index (χ1) is 15.0. The molecule has 5 nitrogen and oxygen atoms in total. The van der Waals surface area contributed by atoms with E-state index in [9.17, 15) is 14.0 Å². The standard InChI is InChI=1S/C25H25FN2O3/c1-31-22-13-9-19(10-14-22)16-24(29)28-23(15-18-7-11-21(26)12-8-18)25(30)27-17-20-5-3-2-4-6-20/h2-14,23H,15-17H2,1H3,(H,27,30)(H,28,29)/t23-/m1/s1. The highest BCUT2D eigenvalue weighted by Crippen LogP contribution is 2.12. The fourth-order valence-electron chi connectivity index (χ4n) is 3.15. The molecule has 0 spiro atoms. The van der Waals surface area contributed by atoms with Crippen LogP contribution in [0.15, 0.2) is 78.9 Å². The van der Waals surface area contributed by atoms with E-state index in [1.807, 2.05) is 42.5 Å². The lowest BCUT2D eigenvalue weighted by Gasteiger charge is -2.19. The number of ether oxygens (including phenoxy) is 1. The van der Waals surface area contributed by atoms with Gasteiger partial charge in [-0.05, 0) is 41.0 Å². The first kappa shape index (κ1) is 22.0. The summed E-state index contributed by atoms with van der Waals surface area (Å²) in [5.41, 5.74) is 2.52. The van der Waals surface area contributed by atoms with Gasteiger partial charge in [0.25, 0.3) is 0 Å². The SMILES string of the molecule is COc1ccc(CC(=O)N[C@H](Cc2ccc(F)cc2)C(=O)NCc2ccccc2)cc1. The summed E-state index contributed by atoms with van der Waals surface area (Å²) in [5, 5.41) is 5.69. The number of carbonyl (C=O) groups is 2. The first-order valence-electron chi connectivity index (χ1n) is 10.0. The Morgan fingerprint density at radius 1 is 0.871 bits per heavy atom. The quantitative estimate of drug-likeness (QED) is 0.557. The molecule has 2 N–H and O–H groups in total. The minimum absolute atomic E-state index is 0.135. The lowest BCUT2D eigenvalue weighted by atomic mass is 10.0. The van der Waals surface area contributed by atoms with E-state index in [0.717, 1.165) is 16.7 Å². The molecule has 3 aromatic rings. The van der Waals surface area contributed by atoms with Gasteiger partial charge in [0.1, 0.15) is 17.6 Å². The summed E-state index contributed by atoms with van der Waals surface area (Å²) in [6.07, 6.45) is 0.394. The highest BCUT2D eigenvalue weighted by molar-refractivity contribution is 5.88. The molecule has 0 aliphatic heterocycles. The average Bonchev–Trinajstić information content (AvgIpc) is 2.79. The number of benzene rings is 3. The van der Waals surface area contributed by atoms with E-state index in [2.05, 4.69) is 10.6 Å². The van der Waals surface area contributed by atoms with Gasteiger partial charge in [-0.3, -0.25) is 9.59 Å². The predicted molar refractivity (Wildman–Crippen MR) is 117 cm³/mol. The largest absolute Gasteiger partial charge is 0.497 e. The van der Waals surface area contributed by atoms with Crippen LogP contribution in [-0.4, -0.2) is 25.0 Å². The van der Waals surface area contributed by atoms with Crippen molar-refractivity contribution in [2.24, 2.45) is 0 Å². The van der Waals surface area contributed by atoms with Crippen molar-refractivity contribution in [2.45, 2.75) is 25.4 Å². The lowest BCUT2D eigenvalue weighted by Crippen LogP contribution is -2.48. The van der Waals surface area contributed by atoms with Gasteiger partial charge < -0.3 is 15.4 Å². The Hall–Kier alpha value is -3.67. The van der Waals surface area contributed by atoms with Crippen LogP contribution < -0.4 is 15.4 Å². The van der Waals surface area contributed by atoms with Gasteiger partial charge in [-0.2, -0.15) is 0 Å². The van der Waals surface area contributed by atoms with Crippen LogP contribution in [0.2, 0.25) is 0 Å². The fourth-order valence-corrected chi connectivity index (χ4v) is 3.15. The monoisotopic (exact) mass is 420 g/mol. The molecule has 0 fully saturated rings. The molecular weight excluding hydrogens is 395 g/mol. The molecule has 3 aromatic carbocycles. The van der Waals surface area contributed by atoms with Gasteiger partial charge in [-0.15, -0.1) is 0 Å². The van der Waals surface area contributed by atoms with Crippen molar-refractivity contribution in [3.63, 3.8) is 0 Å². The molecule has 1 atom stereocenters. The molecule has 0 aromatic heterocycles. The lowest BCUT2D eigenvalue weighted by molar-refractivity contribution is -0.128. The summed E-state index contributed by atoms with van der Waals surface area (Å²) in [6.45, 7) is 0.355. The molecule has 3 rings (SSSR count). The third-order valence-electron chi connectivity index (χ3n) is 4.84. The van der Waals surface area contributed by atoms with Gasteiger partial charge in [0.05, 0.1) is 13.5 Å². The Balaban J connectivity index is 1.66. The average molecular weight is 420 g/mol. The third-order valence-corrected chi connectivity index (χ3v) is 4.84. The van der Waals surface area contributed by atoms with Crippen LogP contribution in [0.1, 0.15) is 16.7 Å². The Morgan fingerprint density at radius 2 is 1.52 bits per heavy atom. The topological polar surface area (TPSA) is 67.4 Å². The molecule has 0 radical (unpaired) electrons. The van der Waals surface area contributed by atoms with Crippen molar-refractivity contribution in [2.75, 3.05) is 7.11 Å². The first-order valence-corrected chi connectivity index (χ1v) is 10.0. The summed E-state index contributed by atoms with van der Waals surface area (Å²) in [5.74, 6) is -0.209. The summed E-state index contributed by atoms with van der Waals surface area (Å²) in [4.78, 5) is 25.5. The van der Waals surface area contributed by atoms with E-state index in [4.69, 9.17) is 4.74 Å². The minimum Gasteiger partial charge on any atom is -0.497 e. The number of methoxy groups -OCH3 is 1. The number of rotatable bonds is 9. The van der Waals surface area contributed by atoms with Crippen molar-refractivity contribution in [1.29, 1.82) is 0 Å². The summed E-state index contributed by atoms with van der Waals surface area (Å²) < 4.78 is 18.4. The number of halogens is 1. The van der Waals surface area contributed by atoms with E-state index >= 15 is 0 Å². The second-order valence-corrected chi connectivity index (χ2v) is 7.18. The second-order valence-electron chi connectivity index (χ2n) is 7.18. The number of hydrogen-bond acceptors (Lipinski definition) is 3. The van der Waals surface area contributed by atoms with E-state index in [1.54, 1.807) is 31.4 Å². The summed E-state index contributed by atoms with van der Waals surface area (Å²) in [6, 6.07) is 21.8. The van der Waals surface area contributed by atoms with Crippen LogP contribution in [-0.2, 0) is 29.0 Å². The second kappa shape index (κ2) is 10.9. The number of amides is 2.